The third kappa shape index (κ3) is 5.01. The Kier molecular flexibility index (Phi) is 5.94. The zero-order chi connectivity index (χ0) is 19.1. The number of carbonyl (C=O) groups is 2. The molecule has 2 amide bonds. The monoisotopic (exact) mass is 362 g/mol. The van der Waals surface area contributed by atoms with Gasteiger partial charge in [0.1, 0.15) is 5.82 Å². The van der Waals surface area contributed by atoms with Crippen molar-refractivity contribution in [2.24, 2.45) is 0 Å². The maximum Gasteiger partial charge on any atom is 0.251 e. The van der Waals surface area contributed by atoms with Crippen LogP contribution in [0, 0.1) is 5.82 Å². The van der Waals surface area contributed by atoms with Crippen molar-refractivity contribution in [2.45, 2.75) is 12.5 Å². The van der Waals surface area contributed by atoms with E-state index in [1.54, 1.807) is 36.4 Å². The van der Waals surface area contributed by atoms with Gasteiger partial charge in [0.2, 0.25) is 5.91 Å². The van der Waals surface area contributed by atoms with Crippen LogP contribution >= 0.6 is 0 Å². The van der Waals surface area contributed by atoms with Crippen LogP contribution in [0.4, 0.5) is 10.1 Å². The number of hydrogen-bond donors (Lipinski definition) is 2. The highest BCUT2D eigenvalue weighted by atomic mass is 19.1. The van der Waals surface area contributed by atoms with Gasteiger partial charge in [-0.15, -0.1) is 0 Å². The SMILES string of the molecule is O=C(CC(NC(=O)c1ccccc1)c1ccccc1)Nc1ccccc1F. The molecule has 4 nitrogen and oxygen atoms in total. The lowest BCUT2D eigenvalue weighted by Gasteiger charge is -2.19. The second-order valence-electron chi connectivity index (χ2n) is 6.03. The van der Waals surface area contributed by atoms with Crippen LogP contribution < -0.4 is 10.6 Å². The number of anilines is 1. The van der Waals surface area contributed by atoms with Crippen molar-refractivity contribution in [3.63, 3.8) is 0 Å². The maximum atomic E-state index is 13.8. The van der Waals surface area contributed by atoms with Crippen molar-refractivity contribution in [1.82, 2.24) is 5.32 Å². The summed E-state index contributed by atoms with van der Waals surface area (Å²) in [5.41, 5.74) is 1.42. The second kappa shape index (κ2) is 8.76. The lowest BCUT2D eigenvalue weighted by Crippen LogP contribution is -2.31. The van der Waals surface area contributed by atoms with E-state index in [1.165, 1.54) is 12.1 Å². The van der Waals surface area contributed by atoms with Crippen molar-refractivity contribution in [3.8, 4) is 0 Å². The number of amides is 2. The third-order valence-corrected chi connectivity index (χ3v) is 4.08. The lowest BCUT2D eigenvalue weighted by molar-refractivity contribution is -0.116. The average molecular weight is 362 g/mol. The van der Waals surface area contributed by atoms with E-state index >= 15 is 0 Å². The molecule has 2 N–H and O–H groups in total. The molecule has 0 radical (unpaired) electrons. The molecular weight excluding hydrogens is 343 g/mol. The summed E-state index contributed by atoms with van der Waals surface area (Å²) in [5, 5.41) is 5.45. The van der Waals surface area contributed by atoms with Gasteiger partial charge < -0.3 is 10.6 Å². The molecule has 3 aromatic carbocycles. The summed E-state index contributed by atoms with van der Waals surface area (Å²) in [5.74, 6) is -1.17. The summed E-state index contributed by atoms with van der Waals surface area (Å²) in [7, 11) is 0. The van der Waals surface area contributed by atoms with E-state index in [4.69, 9.17) is 0 Å². The summed E-state index contributed by atoms with van der Waals surface area (Å²) >= 11 is 0. The molecule has 3 rings (SSSR count). The Morgan fingerprint density at radius 2 is 1.41 bits per heavy atom. The Morgan fingerprint density at radius 1 is 0.815 bits per heavy atom. The molecule has 0 aliphatic heterocycles. The van der Waals surface area contributed by atoms with Gasteiger partial charge in [0.05, 0.1) is 18.2 Å². The van der Waals surface area contributed by atoms with Gasteiger partial charge in [-0.3, -0.25) is 9.59 Å². The minimum absolute atomic E-state index is 0.0169. The van der Waals surface area contributed by atoms with E-state index in [-0.39, 0.29) is 23.9 Å². The van der Waals surface area contributed by atoms with Crippen LogP contribution in [-0.2, 0) is 4.79 Å². The van der Waals surface area contributed by atoms with Gasteiger partial charge in [-0.05, 0) is 29.8 Å². The van der Waals surface area contributed by atoms with Crippen molar-refractivity contribution in [3.05, 3.63) is 102 Å². The van der Waals surface area contributed by atoms with Crippen LogP contribution in [0.3, 0.4) is 0 Å². The topological polar surface area (TPSA) is 58.2 Å². The van der Waals surface area contributed by atoms with Gasteiger partial charge in [-0.25, -0.2) is 4.39 Å². The average Bonchev–Trinajstić information content (AvgIpc) is 2.70. The van der Waals surface area contributed by atoms with Crippen molar-refractivity contribution < 1.29 is 14.0 Å². The summed E-state index contributed by atoms with van der Waals surface area (Å²) < 4.78 is 13.8. The van der Waals surface area contributed by atoms with Gasteiger partial charge >= 0.3 is 0 Å². The number of nitrogens with one attached hydrogen (secondary N) is 2. The Hall–Kier alpha value is -3.47. The highest BCUT2D eigenvalue weighted by Crippen LogP contribution is 2.20. The molecule has 0 saturated carbocycles. The quantitative estimate of drug-likeness (QED) is 0.686. The standard InChI is InChI=1S/C22H19FN2O2/c23-18-13-7-8-14-19(18)24-21(26)15-20(16-9-3-1-4-10-16)25-22(27)17-11-5-2-6-12-17/h1-14,20H,15H2,(H,24,26)(H,25,27). The predicted molar refractivity (Wildman–Crippen MR) is 103 cm³/mol. The van der Waals surface area contributed by atoms with E-state index < -0.39 is 11.9 Å². The molecule has 5 heteroatoms. The molecule has 3 aromatic rings. The Bertz CT molecular complexity index is 914. The van der Waals surface area contributed by atoms with Gasteiger partial charge in [-0.2, -0.15) is 0 Å². The molecule has 0 saturated heterocycles. The maximum absolute atomic E-state index is 13.8. The number of para-hydroxylation sites is 1. The Morgan fingerprint density at radius 3 is 2.07 bits per heavy atom. The number of rotatable bonds is 6. The first kappa shape index (κ1) is 18.3. The molecule has 0 aliphatic rings. The summed E-state index contributed by atoms with van der Waals surface area (Å²) in [6.45, 7) is 0. The Labute approximate surface area is 157 Å². The molecule has 1 unspecified atom stereocenters. The molecule has 0 aliphatic carbocycles. The summed E-state index contributed by atoms with van der Waals surface area (Å²) in [4.78, 5) is 25.0. The van der Waals surface area contributed by atoms with E-state index in [0.29, 0.717) is 5.56 Å². The summed E-state index contributed by atoms with van der Waals surface area (Å²) in [6.07, 6.45) is -0.0169. The molecule has 0 spiro atoms. The van der Waals surface area contributed by atoms with E-state index in [0.717, 1.165) is 5.56 Å². The van der Waals surface area contributed by atoms with Crippen LogP contribution in [0.5, 0.6) is 0 Å². The fourth-order valence-electron chi connectivity index (χ4n) is 2.72. The number of halogens is 1. The first-order chi connectivity index (χ1) is 13.1. The number of carbonyl (C=O) groups excluding carboxylic acids is 2. The molecule has 0 aromatic heterocycles. The highest BCUT2D eigenvalue weighted by molar-refractivity contribution is 5.95. The fraction of sp³-hybridized carbons (Fsp3) is 0.0909. The molecule has 27 heavy (non-hydrogen) atoms. The highest BCUT2D eigenvalue weighted by Gasteiger charge is 2.19. The van der Waals surface area contributed by atoms with Gasteiger partial charge in [0, 0.05) is 5.56 Å². The van der Waals surface area contributed by atoms with Crippen molar-refractivity contribution >= 4 is 17.5 Å². The van der Waals surface area contributed by atoms with Crippen LogP contribution in [0.1, 0.15) is 28.4 Å². The first-order valence-electron chi connectivity index (χ1n) is 8.59. The van der Waals surface area contributed by atoms with Crippen LogP contribution in [0.15, 0.2) is 84.9 Å². The molecule has 0 bridgehead atoms. The summed E-state index contributed by atoms with van der Waals surface area (Å²) in [6, 6.07) is 23.4. The third-order valence-electron chi connectivity index (χ3n) is 4.08. The fourth-order valence-corrected chi connectivity index (χ4v) is 2.72. The van der Waals surface area contributed by atoms with Gasteiger partial charge in [-0.1, -0.05) is 60.7 Å². The molecule has 136 valence electrons. The molecule has 0 heterocycles. The van der Waals surface area contributed by atoms with Crippen LogP contribution in [-0.4, -0.2) is 11.8 Å². The van der Waals surface area contributed by atoms with E-state index in [2.05, 4.69) is 10.6 Å². The van der Waals surface area contributed by atoms with E-state index in [9.17, 15) is 14.0 Å². The van der Waals surface area contributed by atoms with Crippen molar-refractivity contribution in [2.75, 3.05) is 5.32 Å². The molecule has 1 atom stereocenters. The van der Waals surface area contributed by atoms with Gasteiger partial charge in [0.15, 0.2) is 0 Å². The zero-order valence-corrected chi connectivity index (χ0v) is 14.6. The van der Waals surface area contributed by atoms with Gasteiger partial charge in [0.25, 0.3) is 5.91 Å². The number of benzene rings is 3. The second-order valence-corrected chi connectivity index (χ2v) is 6.03. The van der Waals surface area contributed by atoms with Crippen LogP contribution in [0.25, 0.3) is 0 Å². The minimum atomic E-state index is -0.536. The first-order valence-corrected chi connectivity index (χ1v) is 8.59. The number of hydrogen-bond acceptors (Lipinski definition) is 2. The normalized spacial score (nSPS) is 11.4. The molecule has 0 fully saturated rings. The van der Waals surface area contributed by atoms with Crippen molar-refractivity contribution in [1.29, 1.82) is 0 Å². The molecular formula is C22H19FN2O2. The predicted octanol–water partition coefficient (Wildman–Crippen LogP) is 4.33. The lowest BCUT2D eigenvalue weighted by atomic mass is 10.0. The largest absolute Gasteiger partial charge is 0.345 e. The minimum Gasteiger partial charge on any atom is -0.345 e. The zero-order valence-electron chi connectivity index (χ0n) is 14.6. The van der Waals surface area contributed by atoms with Crippen LogP contribution in [0.2, 0.25) is 0 Å². The Balaban J connectivity index is 1.75. The smallest absolute Gasteiger partial charge is 0.251 e. The van der Waals surface area contributed by atoms with E-state index in [1.807, 2.05) is 36.4 Å².